The van der Waals surface area contributed by atoms with E-state index >= 15 is 0 Å². The van der Waals surface area contributed by atoms with E-state index in [1.165, 1.54) is 12.1 Å². The maximum atomic E-state index is 12.7. The number of halogens is 1. The van der Waals surface area contributed by atoms with Crippen molar-refractivity contribution in [2.24, 2.45) is 0 Å². The fraction of sp³-hybridized carbons (Fsp3) is 0.0833. The number of benzene rings is 2. The number of nitrogens with one attached hydrogen (secondary N) is 1. The zero-order valence-electron chi connectivity index (χ0n) is 17.7. The molecule has 1 aliphatic heterocycles. The van der Waals surface area contributed by atoms with Gasteiger partial charge in [0.2, 0.25) is 5.91 Å². The van der Waals surface area contributed by atoms with Crippen molar-refractivity contribution in [3.63, 3.8) is 0 Å². The van der Waals surface area contributed by atoms with E-state index in [2.05, 4.69) is 21.2 Å². The minimum Gasteiger partial charge on any atom is -0.478 e. The number of carbonyl (C=O) groups is 4. The predicted molar refractivity (Wildman–Crippen MR) is 131 cm³/mol. The molecule has 3 aromatic rings. The summed E-state index contributed by atoms with van der Waals surface area (Å²) in [6, 6.07) is 14.9. The highest BCUT2D eigenvalue weighted by atomic mass is 79.9. The van der Waals surface area contributed by atoms with Gasteiger partial charge in [-0.05, 0) is 72.8 Å². The summed E-state index contributed by atoms with van der Waals surface area (Å²) in [5, 5.41) is 11.2. The van der Waals surface area contributed by atoms with Gasteiger partial charge in [-0.2, -0.15) is 0 Å². The number of imide groups is 1. The molecule has 0 unspecified atom stereocenters. The Bertz CT molecular complexity index is 1350. The lowest BCUT2D eigenvalue weighted by molar-refractivity contribution is -0.127. The third-order valence-electron chi connectivity index (χ3n) is 4.94. The molecule has 1 aliphatic rings. The predicted octanol–water partition coefficient (Wildman–Crippen LogP) is 5.39. The molecule has 0 saturated carbocycles. The van der Waals surface area contributed by atoms with Gasteiger partial charge in [0, 0.05) is 21.8 Å². The second-order valence-electron chi connectivity index (χ2n) is 7.36. The smallest absolute Gasteiger partial charge is 0.335 e. The van der Waals surface area contributed by atoms with Gasteiger partial charge >= 0.3 is 5.97 Å². The Morgan fingerprint density at radius 3 is 2.53 bits per heavy atom. The molecule has 1 saturated heterocycles. The SMILES string of the molecule is Cc1cc(C(=O)O)ccc1-c1ccc(/C=C2\SC(=O)N(CC(=O)Nc3ccc(Br)cc3)C2=O)o1. The molecule has 0 bridgehead atoms. The van der Waals surface area contributed by atoms with Gasteiger partial charge in [0.1, 0.15) is 18.1 Å². The van der Waals surface area contributed by atoms with Crippen LogP contribution in [0.4, 0.5) is 10.5 Å². The Labute approximate surface area is 206 Å². The van der Waals surface area contributed by atoms with Crippen molar-refractivity contribution in [1.29, 1.82) is 0 Å². The first-order chi connectivity index (χ1) is 16.2. The van der Waals surface area contributed by atoms with E-state index in [0.717, 1.165) is 26.7 Å². The van der Waals surface area contributed by atoms with E-state index in [0.29, 0.717) is 22.8 Å². The molecule has 2 aromatic carbocycles. The summed E-state index contributed by atoms with van der Waals surface area (Å²) in [5.41, 5.74) is 2.15. The van der Waals surface area contributed by atoms with Crippen LogP contribution >= 0.6 is 27.7 Å². The highest BCUT2D eigenvalue weighted by Crippen LogP contribution is 2.34. The number of carbonyl (C=O) groups excluding carboxylic acids is 3. The topological polar surface area (TPSA) is 117 Å². The molecular weight excluding hydrogens is 524 g/mol. The molecule has 1 fully saturated rings. The summed E-state index contributed by atoms with van der Waals surface area (Å²) in [5.74, 6) is -1.25. The maximum absolute atomic E-state index is 12.7. The summed E-state index contributed by atoms with van der Waals surface area (Å²) in [6.45, 7) is 1.37. The Morgan fingerprint density at radius 1 is 1.12 bits per heavy atom. The number of anilines is 1. The first-order valence-electron chi connectivity index (χ1n) is 9.96. The van der Waals surface area contributed by atoms with Crippen molar-refractivity contribution in [2.75, 3.05) is 11.9 Å². The normalized spacial score (nSPS) is 14.6. The number of aromatic carboxylic acids is 1. The van der Waals surface area contributed by atoms with Gasteiger partial charge in [0.15, 0.2) is 0 Å². The lowest BCUT2D eigenvalue weighted by Gasteiger charge is -2.12. The molecule has 8 nitrogen and oxygen atoms in total. The van der Waals surface area contributed by atoms with Crippen LogP contribution in [0.1, 0.15) is 21.7 Å². The number of thioether (sulfide) groups is 1. The molecule has 1 aromatic heterocycles. The molecular formula is C24H17BrN2O6S. The molecule has 0 spiro atoms. The monoisotopic (exact) mass is 540 g/mol. The average molecular weight is 541 g/mol. The van der Waals surface area contributed by atoms with Gasteiger partial charge in [-0.1, -0.05) is 22.0 Å². The third kappa shape index (κ3) is 5.13. The van der Waals surface area contributed by atoms with E-state index in [1.807, 2.05) is 0 Å². The fourth-order valence-corrected chi connectivity index (χ4v) is 4.37. The maximum Gasteiger partial charge on any atom is 0.335 e. The van der Waals surface area contributed by atoms with Crippen molar-refractivity contribution < 1.29 is 28.7 Å². The lowest BCUT2D eigenvalue weighted by atomic mass is 10.0. The molecule has 10 heteroatoms. The van der Waals surface area contributed by atoms with Crippen molar-refractivity contribution in [1.82, 2.24) is 4.90 Å². The van der Waals surface area contributed by atoms with E-state index in [4.69, 9.17) is 9.52 Å². The highest BCUT2D eigenvalue weighted by molar-refractivity contribution is 9.10. The lowest BCUT2D eigenvalue weighted by Crippen LogP contribution is -2.36. The average Bonchev–Trinajstić information content (AvgIpc) is 3.35. The Hall–Kier alpha value is -3.63. The van der Waals surface area contributed by atoms with E-state index < -0.39 is 29.6 Å². The number of furan rings is 1. The van der Waals surface area contributed by atoms with Gasteiger partial charge in [-0.25, -0.2) is 4.79 Å². The number of hydrogen-bond acceptors (Lipinski definition) is 6. The zero-order valence-corrected chi connectivity index (χ0v) is 20.1. The summed E-state index contributed by atoms with van der Waals surface area (Å²) in [7, 11) is 0. The van der Waals surface area contributed by atoms with Gasteiger partial charge in [0.25, 0.3) is 11.1 Å². The molecule has 0 radical (unpaired) electrons. The fourth-order valence-electron chi connectivity index (χ4n) is 3.29. The van der Waals surface area contributed by atoms with E-state index in [-0.39, 0.29) is 10.5 Å². The quantitative estimate of drug-likeness (QED) is 0.402. The number of carboxylic acids is 1. The zero-order chi connectivity index (χ0) is 24.4. The van der Waals surface area contributed by atoms with Crippen LogP contribution in [0.15, 0.2) is 68.4 Å². The van der Waals surface area contributed by atoms with Crippen LogP contribution in [-0.4, -0.2) is 39.6 Å². The van der Waals surface area contributed by atoms with Crippen molar-refractivity contribution in [3.05, 3.63) is 80.9 Å². The second-order valence-corrected chi connectivity index (χ2v) is 9.27. The van der Waals surface area contributed by atoms with Crippen LogP contribution in [0, 0.1) is 6.92 Å². The minimum atomic E-state index is -1.02. The van der Waals surface area contributed by atoms with Crippen LogP contribution in [0.5, 0.6) is 0 Å². The van der Waals surface area contributed by atoms with Gasteiger partial charge in [-0.3, -0.25) is 19.3 Å². The van der Waals surface area contributed by atoms with E-state index in [1.54, 1.807) is 55.5 Å². The summed E-state index contributed by atoms with van der Waals surface area (Å²) < 4.78 is 6.66. The highest BCUT2D eigenvalue weighted by Gasteiger charge is 2.36. The number of nitrogens with zero attached hydrogens (tertiary/aromatic N) is 1. The molecule has 0 atom stereocenters. The summed E-state index contributed by atoms with van der Waals surface area (Å²) >= 11 is 4.04. The standard InChI is InChI=1S/C24H17BrN2O6S/c1-13-10-14(23(30)31)2-8-18(13)19-9-7-17(33-19)11-20-22(29)27(24(32)34-20)12-21(28)26-16-5-3-15(25)4-6-16/h2-11H,12H2,1H3,(H,26,28)(H,30,31)/b20-11-. The van der Waals surface area contributed by atoms with Gasteiger partial charge in [-0.15, -0.1) is 0 Å². The number of rotatable bonds is 6. The van der Waals surface area contributed by atoms with Crippen LogP contribution in [-0.2, 0) is 9.59 Å². The number of hydrogen-bond donors (Lipinski definition) is 2. The van der Waals surface area contributed by atoms with Crippen molar-refractivity contribution in [2.45, 2.75) is 6.92 Å². The summed E-state index contributed by atoms with van der Waals surface area (Å²) in [6.07, 6.45) is 1.45. The van der Waals surface area contributed by atoms with Crippen molar-refractivity contribution in [3.8, 4) is 11.3 Å². The molecule has 2 heterocycles. The van der Waals surface area contributed by atoms with Gasteiger partial charge < -0.3 is 14.8 Å². The summed E-state index contributed by atoms with van der Waals surface area (Å²) in [4.78, 5) is 49.5. The number of aryl methyl sites for hydroxylation is 1. The van der Waals surface area contributed by atoms with Gasteiger partial charge in [0.05, 0.1) is 10.5 Å². The Kier molecular flexibility index (Phi) is 6.71. The molecule has 2 N–H and O–H groups in total. The van der Waals surface area contributed by atoms with E-state index in [9.17, 15) is 19.2 Å². The first-order valence-corrected chi connectivity index (χ1v) is 11.6. The molecule has 4 rings (SSSR count). The van der Waals surface area contributed by atoms with Crippen molar-refractivity contribution >= 4 is 62.5 Å². The van der Waals surface area contributed by atoms with Crippen LogP contribution in [0.3, 0.4) is 0 Å². The van der Waals surface area contributed by atoms with Crippen LogP contribution in [0.25, 0.3) is 17.4 Å². The first kappa shape index (κ1) is 23.5. The Balaban J connectivity index is 1.46. The van der Waals surface area contributed by atoms with Crippen LogP contribution < -0.4 is 5.32 Å². The molecule has 172 valence electrons. The molecule has 3 amide bonds. The molecule has 34 heavy (non-hydrogen) atoms. The largest absolute Gasteiger partial charge is 0.478 e. The third-order valence-corrected chi connectivity index (χ3v) is 6.38. The van der Waals surface area contributed by atoms with Crippen LogP contribution in [0.2, 0.25) is 0 Å². The molecule has 0 aliphatic carbocycles. The number of amides is 3. The number of carboxylic acid groups (broad SMARTS) is 1. The Morgan fingerprint density at radius 2 is 1.85 bits per heavy atom. The minimum absolute atomic E-state index is 0.139. The second kappa shape index (κ2) is 9.70.